The molecule has 0 saturated carbocycles. The summed E-state index contributed by atoms with van der Waals surface area (Å²) in [4.78, 5) is 23.6. The highest BCUT2D eigenvalue weighted by Gasteiger charge is 2.08. The Morgan fingerprint density at radius 3 is 2.28 bits per heavy atom. The minimum Gasteiger partial charge on any atom is -0.484 e. The van der Waals surface area contributed by atoms with Crippen molar-refractivity contribution in [3.63, 3.8) is 0 Å². The molecular formula is C20H24N2O3. The smallest absolute Gasteiger partial charge is 0.262 e. The van der Waals surface area contributed by atoms with Crippen molar-refractivity contribution >= 4 is 23.2 Å². The molecule has 0 aliphatic heterocycles. The van der Waals surface area contributed by atoms with Gasteiger partial charge in [-0.15, -0.1) is 0 Å². The minimum absolute atomic E-state index is 0.0651. The van der Waals surface area contributed by atoms with E-state index < -0.39 is 0 Å². The number of hydrogen-bond donors (Lipinski definition) is 2. The van der Waals surface area contributed by atoms with Gasteiger partial charge in [0.2, 0.25) is 5.91 Å². The van der Waals surface area contributed by atoms with E-state index in [0.29, 0.717) is 23.5 Å². The number of carbonyl (C=O) groups excluding carboxylic acids is 2. The zero-order valence-electron chi connectivity index (χ0n) is 15.1. The van der Waals surface area contributed by atoms with Gasteiger partial charge in [-0.05, 0) is 61.7 Å². The SMILES string of the molecule is CCC(=O)Nc1cc(NC(=O)COc2ccc(C)c(C)c2)ccc1C. The van der Waals surface area contributed by atoms with Crippen LogP contribution in [0.25, 0.3) is 0 Å². The molecule has 5 nitrogen and oxygen atoms in total. The number of amides is 2. The van der Waals surface area contributed by atoms with E-state index in [1.54, 1.807) is 19.1 Å². The van der Waals surface area contributed by atoms with Gasteiger partial charge in [0.05, 0.1) is 0 Å². The molecule has 2 aromatic carbocycles. The largest absolute Gasteiger partial charge is 0.484 e. The number of hydrogen-bond acceptors (Lipinski definition) is 3. The van der Waals surface area contributed by atoms with Crippen molar-refractivity contribution in [1.29, 1.82) is 0 Å². The van der Waals surface area contributed by atoms with Crippen LogP contribution in [-0.4, -0.2) is 18.4 Å². The van der Waals surface area contributed by atoms with Gasteiger partial charge in [-0.2, -0.15) is 0 Å². The molecule has 0 aliphatic carbocycles. The molecule has 0 heterocycles. The third-order valence-corrected chi connectivity index (χ3v) is 3.96. The molecule has 2 amide bonds. The zero-order chi connectivity index (χ0) is 18.4. The Kier molecular flexibility index (Phi) is 6.17. The highest BCUT2D eigenvalue weighted by molar-refractivity contribution is 5.95. The van der Waals surface area contributed by atoms with Crippen LogP contribution in [0, 0.1) is 20.8 Å². The quantitative estimate of drug-likeness (QED) is 0.836. The predicted molar refractivity (Wildman–Crippen MR) is 100 cm³/mol. The number of ether oxygens (including phenoxy) is 1. The average Bonchev–Trinajstić information content (AvgIpc) is 2.58. The van der Waals surface area contributed by atoms with E-state index in [4.69, 9.17) is 4.74 Å². The molecular weight excluding hydrogens is 316 g/mol. The summed E-state index contributed by atoms with van der Waals surface area (Å²) in [6, 6.07) is 11.1. The second-order valence-corrected chi connectivity index (χ2v) is 6.01. The molecule has 0 aliphatic rings. The Morgan fingerprint density at radius 2 is 1.60 bits per heavy atom. The van der Waals surface area contributed by atoms with Gasteiger partial charge < -0.3 is 15.4 Å². The van der Waals surface area contributed by atoms with Gasteiger partial charge in [0.15, 0.2) is 6.61 Å². The second-order valence-electron chi connectivity index (χ2n) is 6.01. The van der Waals surface area contributed by atoms with E-state index in [9.17, 15) is 9.59 Å². The third kappa shape index (κ3) is 5.35. The van der Waals surface area contributed by atoms with E-state index >= 15 is 0 Å². The molecule has 0 atom stereocenters. The van der Waals surface area contributed by atoms with Crippen LogP contribution >= 0.6 is 0 Å². The fraction of sp³-hybridized carbons (Fsp3) is 0.300. The van der Waals surface area contributed by atoms with E-state index in [2.05, 4.69) is 10.6 Å². The van der Waals surface area contributed by atoms with Gasteiger partial charge in [0.25, 0.3) is 5.91 Å². The lowest BCUT2D eigenvalue weighted by Gasteiger charge is -2.12. The zero-order valence-corrected chi connectivity index (χ0v) is 15.1. The predicted octanol–water partition coefficient (Wildman–Crippen LogP) is 3.98. The Hall–Kier alpha value is -2.82. The topological polar surface area (TPSA) is 67.4 Å². The molecule has 25 heavy (non-hydrogen) atoms. The Bertz CT molecular complexity index is 785. The fourth-order valence-corrected chi connectivity index (χ4v) is 2.22. The van der Waals surface area contributed by atoms with Gasteiger partial charge in [-0.25, -0.2) is 0 Å². The summed E-state index contributed by atoms with van der Waals surface area (Å²) in [5.74, 6) is 0.345. The first-order chi connectivity index (χ1) is 11.9. The second kappa shape index (κ2) is 8.33. The maximum Gasteiger partial charge on any atom is 0.262 e. The van der Waals surface area contributed by atoms with Crippen LogP contribution in [0.3, 0.4) is 0 Å². The van der Waals surface area contributed by atoms with Crippen molar-refractivity contribution < 1.29 is 14.3 Å². The van der Waals surface area contributed by atoms with Crippen LogP contribution in [0.5, 0.6) is 5.75 Å². The first kappa shape index (κ1) is 18.5. The summed E-state index contributed by atoms with van der Waals surface area (Å²) in [6.07, 6.45) is 0.403. The summed E-state index contributed by atoms with van der Waals surface area (Å²) < 4.78 is 5.53. The van der Waals surface area contributed by atoms with Crippen molar-refractivity contribution in [1.82, 2.24) is 0 Å². The van der Waals surface area contributed by atoms with E-state index in [-0.39, 0.29) is 18.4 Å². The number of carbonyl (C=O) groups is 2. The fourth-order valence-electron chi connectivity index (χ4n) is 2.22. The van der Waals surface area contributed by atoms with Crippen LogP contribution in [0.1, 0.15) is 30.0 Å². The summed E-state index contributed by atoms with van der Waals surface area (Å²) in [7, 11) is 0. The Labute approximate surface area is 148 Å². The van der Waals surface area contributed by atoms with Gasteiger partial charge in [-0.3, -0.25) is 9.59 Å². The lowest BCUT2D eigenvalue weighted by atomic mass is 10.1. The molecule has 2 N–H and O–H groups in total. The van der Waals surface area contributed by atoms with E-state index in [1.165, 1.54) is 5.56 Å². The van der Waals surface area contributed by atoms with Crippen molar-refractivity contribution in [2.24, 2.45) is 0 Å². The van der Waals surface area contributed by atoms with Crippen molar-refractivity contribution in [2.45, 2.75) is 34.1 Å². The molecule has 0 spiro atoms. The number of aryl methyl sites for hydroxylation is 3. The molecule has 0 fully saturated rings. The van der Waals surface area contributed by atoms with Gasteiger partial charge in [0, 0.05) is 17.8 Å². The lowest BCUT2D eigenvalue weighted by Crippen LogP contribution is -2.20. The molecule has 132 valence electrons. The lowest BCUT2D eigenvalue weighted by molar-refractivity contribution is -0.118. The van der Waals surface area contributed by atoms with Crippen molar-refractivity contribution in [2.75, 3.05) is 17.2 Å². The maximum atomic E-state index is 12.1. The molecule has 0 bridgehead atoms. The summed E-state index contributed by atoms with van der Waals surface area (Å²) in [6.45, 7) is 7.64. The minimum atomic E-state index is -0.255. The van der Waals surface area contributed by atoms with E-state index in [0.717, 1.165) is 11.1 Å². The summed E-state index contributed by atoms with van der Waals surface area (Å²) in [5.41, 5.74) is 4.54. The third-order valence-electron chi connectivity index (χ3n) is 3.96. The Balaban J connectivity index is 1.96. The number of rotatable bonds is 6. The summed E-state index contributed by atoms with van der Waals surface area (Å²) in [5, 5.41) is 5.60. The maximum absolute atomic E-state index is 12.1. The molecule has 2 rings (SSSR count). The van der Waals surface area contributed by atoms with Crippen LogP contribution in [0.2, 0.25) is 0 Å². The molecule has 2 aromatic rings. The highest BCUT2D eigenvalue weighted by Crippen LogP contribution is 2.21. The number of benzene rings is 2. The number of anilines is 2. The molecule has 0 unspecified atom stereocenters. The highest BCUT2D eigenvalue weighted by atomic mass is 16.5. The van der Waals surface area contributed by atoms with Crippen molar-refractivity contribution in [3.05, 3.63) is 53.1 Å². The first-order valence-corrected chi connectivity index (χ1v) is 8.29. The summed E-state index contributed by atoms with van der Waals surface area (Å²) >= 11 is 0. The standard InChI is InChI=1S/C20H24N2O3/c1-5-19(23)22-18-11-16(8-6-14(18)3)21-20(24)12-25-17-9-7-13(2)15(4)10-17/h6-11H,5,12H2,1-4H3,(H,21,24)(H,22,23). The molecule has 0 radical (unpaired) electrons. The van der Waals surface area contributed by atoms with E-state index in [1.807, 2.05) is 45.0 Å². The molecule has 5 heteroatoms. The first-order valence-electron chi connectivity index (χ1n) is 8.29. The van der Waals surface area contributed by atoms with Gasteiger partial charge in [-0.1, -0.05) is 19.1 Å². The monoisotopic (exact) mass is 340 g/mol. The normalized spacial score (nSPS) is 10.2. The Morgan fingerprint density at radius 1 is 0.880 bits per heavy atom. The van der Waals surface area contributed by atoms with Gasteiger partial charge >= 0.3 is 0 Å². The molecule has 0 saturated heterocycles. The van der Waals surface area contributed by atoms with Crippen LogP contribution in [0.4, 0.5) is 11.4 Å². The average molecular weight is 340 g/mol. The van der Waals surface area contributed by atoms with Crippen LogP contribution in [0.15, 0.2) is 36.4 Å². The van der Waals surface area contributed by atoms with Gasteiger partial charge in [0.1, 0.15) is 5.75 Å². The van der Waals surface area contributed by atoms with Crippen molar-refractivity contribution in [3.8, 4) is 5.75 Å². The van der Waals surface area contributed by atoms with Crippen LogP contribution < -0.4 is 15.4 Å². The van der Waals surface area contributed by atoms with Crippen LogP contribution in [-0.2, 0) is 9.59 Å². The number of nitrogens with one attached hydrogen (secondary N) is 2. The molecule has 0 aromatic heterocycles.